The van der Waals surface area contributed by atoms with Crippen molar-refractivity contribution in [3.05, 3.63) is 52.9 Å². The zero-order valence-corrected chi connectivity index (χ0v) is 22.8. The lowest BCUT2D eigenvalue weighted by Crippen LogP contribution is -2.61. The third-order valence-electron chi connectivity index (χ3n) is 6.57. The summed E-state index contributed by atoms with van der Waals surface area (Å²) in [6, 6.07) is -1.63. The first-order valence-corrected chi connectivity index (χ1v) is 14.0. The molecule has 0 unspecified atom stereocenters. The van der Waals surface area contributed by atoms with Gasteiger partial charge in [-0.2, -0.15) is 22.4 Å². The van der Waals surface area contributed by atoms with Gasteiger partial charge in [-0.15, -0.1) is 0 Å². The van der Waals surface area contributed by atoms with Crippen LogP contribution in [0.25, 0.3) is 0 Å². The molecule has 220 valence electrons. The van der Waals surface area contributed by atoms with Gasteiger partial charge in [-0.25, -0.2) is 22.0 Å². The Morgan fingerprint density at radius 2 is 1.80 bits per heavy atom. The summed E-state index contributed by atoms with van der Waals surface area (Å²) in [6.07, 6.45) is -4.18. The predicted molar refractivity (Wildman–Crippen MR) is 130 cm³/mol. The Kier molecular flexibility index (Phi) is 7.64. The van der Waals surface area contributed by atoms with Crippen molar-refractivity contribution >= 4 is 22.0 Å². The zero-order valence-electron chi connectivity index (χ0n) is 22.0. The molecule has 1 aromatic heterocycles. The van der Waals surface area contributed by atoms with Crippen LogP contribution in [-0.2, 0) is 32.6 Å². The average molecular weight is 594 g/mol. The highest BCUT2D eigenvalue weighted by molar-refractivity contribution is 7.89. The Bertz CT molecular complexity index is 1400. The van der Waals surface area contributed by atoms with Crippen LogP contribution in [0.2, 0.25) is 0 Å². The van der Waals surface area contributed by atoms with E-state index in [0.717, 1.165) is 22.5 Å². The number of aromatic nitrogens is 2. The van der Waals surface area contributed by atoms with E-state index in [9.17, 15) is 40.0 Å². The Hall–Kier alpha value is -3.27. The SMILES string of the molecule is CC(C)(C)OC(=O)N[C@H]1C[C@@H](N2Cc3cn(S(C)(=O)=O)nc3C2)CN(C(=O)C(F)(F)F)[C@@H]1c1cc(F)ccc1F. The Morgan fingerprint density at radius 1 is 1.12 bits per heavy atom. The molecule has 0 radical (unpaired) electrons. The first-order chi connectivity index (χ1) is 18.3. The molecular weight excluding hydrogens is 565 g/mol. The van der Waals surface area contributed by atoms with Crippen molar-refractivity contribution in [2.24, 2.45) is 0 Å². The molecule has 0 bridgehead atoms. The van der Waals surface area contributed by atoms with Crippen LogP contribution in [0.3, 0.4) is 0 Å². The molecular formula is C24H28F5N5O5S. The quantitative estimate of drug-likeness (QED) is 0.542. The molecule has 0 aliphatic carbocycles. The number of benzene rings is 1. The number of ether oxygens (including phenoxy) is 1. The van der Waals surface area contributed by atoms with Gasteiger partial charge in [0.25, 0.3) is 10.0 Å². The van der Waals surface area contributed by atoms with Crippen molar-refractivity contribution in [2.75, 3.05) is 12.8 Å². The van der Waals surface area contributed by atoms with Gasteiger partial charge in [0, 0.05) is 43.0 Å². The standard InChI is InChI=1S/C24H28F5N5O5S/c1-23(2,3)39-22(36)30-18-8-15(32-9-13-10-34(40(4,37)38)31-19(13)12-32)11-33(21(35)24(27,28)29)20(18)16-7-14(25)5-6-17(16)26/h5-7,10,15,18,20H,8-9,11-12H2,1-4H3,(H,30,36)/t15-,18+,20-/m1/s1. The molecule has 1 fully saturated rings. The van der Waals surface area contributed by atoms with Crippen molar-refractivity contribution in [1.29, 1.82) is 0 Å². The molecule has 3 heterocycles. The van der Waals surface area contributed by atoms with Crippen molar-refractivity contribution in [3.63, 3.8) is 0 Å². The van der Waals surface area contributed by atoms with Crippen LogP contribution in [-0.4, -0.2) is 76.1 Å². The molecule has 2 aromatic rings. The fourth-order valence-electron chi connectivity index (χ4n) is 4.99. The molecule has 2 aliphatic rings. The maximum atomic E-state index is 14.9. The van der Waals surface area contributed by atoms with E-state index >= 15 is 0 Å². The lowest BCUT2D eigenvalue weighted by molar-refractivity contribution is -0.191. The van der Waals surface area contributed by atoms with Gasteiger partial charge in [0.2, 0.25) is 0 Å². The van der Waals surface area contributed by atoms with Crippen LogP contribution < -0.4 is 5.32 Å². The number of piperidine rings is 1. The van der Waals surface area contributed by atoms with Crippen LogP contribution in [0.5, 0.6) is 0 Å². The lowest BCUT2D eigenvalue weighted by atomic mass is 9.86. The van der Waals surface area contributed by atoms with E-state index in [2.05, 4.69) is 10.4 Å². The monoisotopic (exact) mass is 593 g/mol. The lowest BCUT2D eigenvalue weighted by Gasteiger charge is -2.47. The Balaban J connectivity index is 1.73. The summed E-state index contributed by atoms with van der Waals surface area (Å²) < 4.78 is 100. The molecule has 1 saturated heterocycles. The maximum Gasteiger partial charge on any atom is 0.471 e. The van der Waals surface area contributed by atoms with Gasteiger partial charge < -0.3 is 15.0 Å². The van der Waals surface area contributed by atoms with Crippen LogP contribution in [0.15, 0.2) is 24.4 Å². The van der Waals surface area contributed by atoms with Crippen molar-refractivity contribution in [1.82, 2.24) is 24.3 Å². The largest absolute Gasteiger partial charge is 0.471 e. The van der Waals surface area contributed by atoms with Crippen molar-refractivity contribution in [3.8, 4) is 0 Å². The normalized spacial score (nSPS) is 22.2. The van der Waals surface area contributed by atoms with Crippen LogP contribution in [0, 0.1) is 11.6 Å². The third-order valence-corrected chi connectivity index (χ3v) is 7.44. The van der Waals surface area contributed by atoms with Crippen molar-refractivity contribution < 1.29 is 44.7 Å². The van der Waals surface area contributed by atoms with Gasteiger partial charge >= 0.3 is 18.2 Å². The number of alkyl halides is 3. The molecule has 1 N–H and O–H groups in total. The van der Waals surface area contributed by atoms with E-state index in [0.29, 0.717) is 22.2 Å². The number of carbonyl (C=O) groups excluding carboxylic acids is 2. The van der Waals surface area contributed by atoms with Gasteiger partial charge in [0.15, 0.2) is 0 Å². The number of nitrogens with one attached hydrogen (secondary N) is 1. The first-order valence-electron chi connectivity index (χ1n) is 12.2. The van der Waals surface area contributed by atoms with E-state index < -0.39 is 75.7 Å². The second kappa shape index (κ2) is 10.3. The number of alkyl carbamates (subject to hydrolysis) is 1. The number of hydrogen-bond acceptors (Lipinski definition) is 7. The summed E-state index contributed by atoms with van der Waals surface area (Å²) in [6.45, 7) is 4.31. The third kappa shape index (κ3) is 6.37. The first kappa shape index (κ1) is 29.7. The molecule has 40 heavy (non-hydrogen) atoms. The summed E-state index contributed by atoms with van der Waals surface area (Å²) in [4.78, 5) is 27.5. The smallest absolute Gasteiger partial charge is 0.444 e. The molecule has 4 rings (SSSR count). The number of carbonyl (C=O) groups is 2. The highest BCUT2D eigenvalue weighted by Gasteiger charge is 2.51. The predicted octanol–water partition coefficient (Wildman–Crippen LogP) is 3.08. The summed E-state index contributed by atoms with van der Waals surface area (Å²) in [5.41, 5.74) is -0.615. The molecule has 2 aliphatic heterocycles. The minimum atomic E-state index is -5.36. The second-order valence-electron chi connectivity index (χ2n) is 10.8. The summed E-state index contributed by atoms with van der Waals surface area (Å²) >= 11 is 0. The van der Waals surface area contributed by atoms with Gasteiger partial charge in [-0.05, 0) is 45.4 Å². The van der Waals surface area contributed by atoms with E-state index in [-0.39, 0.29) is 19.5 Å². The van der Waals surface area contributed by atoms with Gasteiger partial charge in [0.05, 0.1) is 24.0 Å². The highest BCUT2D eigenvalue weighted by Crippen LogP contribution is 2.39. The summed E-state index contributed by atoms with van der Waals surface area (Å²) in [5.74, 6) is -4.29. The number of nitrogens with zero attached hydrogens (tertiary/aromatic N) is 4. The molecule has 10 nitrogen and oxygen atoms in total. The number of fused-ring (bicyclic) bond motifs is 1. The van der Waals surface area contributed by atoms with E-state index in [1.54, 1.807) is 25.7 Å². The molecule has 2 amide bonds. The molecule has 0 spiro atoms. The van der Waals surface area contributed by atoms with Crippen LogP contribution in [0.1, 0.15) is 50.1 Å². The number of rotatable bonds is 4. The molecule has 0 saturated carbocycles. The van der Waals surface area contributed by atoms with Gasteiger partial charge in [-0.1, -0.05) is 0 Å². The highest BCUT2D eigenvalue weighted by atomic mass is 32.2. The van der Waals surface area contributed by atoms with E-state index in [4.69, 9.17) is 4.74 Å². The van der Waals surface area contributed by atoms with Crippen LogP contribution in [0.4, 0.5) is 26.7 Å². The Morgan fingerprint density at radius 3 is 2.38 bits per heavy atom. The Labute approximate surface area is 227 Å². The van der Waals surface area contributed by atoms with Crippen molar-refractivity contribution in [2.45, 2.75) is 70.2 Å². The maximum absolute atomic E-state index is 14.9. The van der Waals surface area contributed by atoms with Gasteiger partial charge in [-0.3, -0.25) is 9.69 Å². The number of hydrogen-bond donors (Lipinski definition) is 1. The minimum Gasteiger partial charge on any atom is -0.444 e. The van der Waals surface area contributed by atoms with E-state index in [1.807, 2.05) is 0 Å². The summed E-state index contributed by atoms with van der Waals surface area (Å²) in [5, 5.41) is 6.50. The molecule has 3 atom stereocenters. The molecule has 1 aromatic carbocycles. The summed E-state index contributed by atoms with van der Waals surface area (Å²) in [7, 11) is -3.66. The number of likely N-dealkylation sites (tertiary alicyclic amines) is 1. The zero-order chi connectivity index (χ0) is 29.8. The fraction of sp³-hybridized carbons (Fsp3) is 0.542. The van der Waals surface area contributed by atoms with E-state index in [1.165, 1.54) is 6.20 Å². The fourth-order valence-corrected chi connectivity index (χ4v) is 5.56. The average Bonchev–Trinajstić information content (AvgIpc) is 3.38. The second-order valence-corrected chi connectivity index (χ2v) is 12.7. The molecule has 16 heteroatoms. The number of halogens is 5. The van der Waals surface area contributed by atoms with Crippen LogP contribution >= 0.6 is 0 Å². The topological polar surface area (TPSA) is 114 Å². The van der Waals surface area contributed by atoms with Gasteiger partial charge in [0.1, 0.15) is 17.2 Å². The number of amides is 2. The minimum absolute atomic E-state index is 0.0503.